The maximum absolute atomic E-state index is 10.2. The Balaban J connectivity index is 2.55. The molecule has 3 heteroatoms. The molecule has 3 nitrogen and oxygen atoms in total. The van der Waals surface area contributed by atoms with Crippen molar-refractivity contribution >= 4 is 23.0 Å². The van der Waals surface area contributed by atoms with Crippen LogP contribution in [0.25, 0.3) is 10.9 Å². The van der Waals surface area contributed by atoms with Crippen LogP contribution in [0.15, 0.2) is 30.3 Å². The van der Waals surface area contributed by atoms with Gasteiger partial charge in [0.1, 0.15) is 6.20 Å². The van der Waals surface area contributed by atoms with Crippen molar-refractivity contribution in [3.05, 3.63) is 36.5 Å². The zero-order valence-electron chi connectivity index (χ0n) is 6.82. The molecule has 1 amide bonds. The summed E-state index contributed by atoms with van der Waals surface area (Å²) in [7, 11) is 0. The lowest BCUT2D eigenvalue weighted by Gasteiger charge is -1.99. The summed E-state index contributed by atoms with van der Waals surface area (Å²) in [5.74, 6) is 0. The largest absolute Gasteiger partial charge is 0.327 e. The van der Waals surface area contributed by atoms with Crippen molar-refractivity contribution in [2.45, 2.75) is 0 Å². The fourth-order valence-corrected chi connectivity index (χ4v) is 1.16. The Hall–Kier alpha value is -1.90. The average molecular weight is 171 g/mol. The minimum absolute atomic E-state index is 0.591. The molecule has 13 heavy (non-hydrogen) atoms. The molecule has 1 radical (unpaired) electrons. The van der Waals surface area contributed by atoms with E-state index in [4.69, 9.17) is 0 Å². The van der Waals surface area contributed by atoms with Crippen LogP contribution in [0.1, 0.15) is 0 Å². The maximum atomic E-state index is 10.2. The van der Waals surface area contributed by atoms with Gasteiger partial charge in [0.25, 0.3) is 0 Å². The van der Waals surface area contributed by atoms with Gasteiger partial charge in [-0.25, -0.2) is 4.98 Å². The molecular weight excluding hydrogens is 164 g/mol. The molecule has 2 aromatic rings. The van der Waals surface area contributed by atoms with Crippen molar-refractivity contribution in [3.63, 3.8) is 0 Å². The molecule has 1 aromatic carbocycles. The highest BCUT2D eigenvalue weighted by Gasteiger charge is 1.95. The number of nitrogens with zero attached hydrogens (tertiary/aromatic N) is 1. The molecule has 0 aliphatic carbocycles. The van der Waals surface area contributed by atoms with Crippen LogP contribution in [0.4, 0.5) is 5.69 Å². The highest BCUT2D eigenvalue weighted by Crippen LogP contribution is 2.14. The molecule has 0 fully saturated rings. The third-order valence-corrected chi connectivity index (χ3v) is 1.75. The zero-order chi connectivity index (χ0) is 9.10. The standard InChI is InChI=1S/C10H7N2O/c13-7-12-9-5-8-3-1-2-4-10(8)11-6-9/h1-5,7H,(H,12,13). The molecular formula is C10H7N2O. The summed E-state index contributed by atoms with van der Waals surface area (Å²) in [6.45, 7) is 0. The van der Waals surface area contributed by atoms with E-state index in [1.54, 1.807) is 0 Å². The van der Waals surface area contributed by atoms with Crippen LogP contribution in [-0.2, 0) is 4.79 Å². The topological polar surface area (TPSA) is 42.0 Å². The molecule has 2 rings (SSSR count). The molecule has 0 bridgehead atoms. The Morgan fingerprint density at radius 1 is 1.38 bits per heavy atom. The van der Waals surface area contributed by atoms with E-state index in [-0.39, 0.29) is 0 Å². The Morgan fingerprint density at radius 2 is 2.23 bits per heavy atom. The van der Waals surface area contributed by atoms with Crippen LogP contribution in [0, 0.1) is 6.20 Å². The number of aromatic nitrogens is 1. The number of pyridine rings is 1. The van der Waals surface area contributed by atoms with Gasteiger partial charge in [-0.2, -0.15) is 0 Å². The summed E-state index contributed by atoms with van der Waals surface area (Å²) >= 11 is 0. The highest BCUT2D eigenvalue weighted by molar-refractivity contribution is 5.83. The summed E-state index contributed by atoms with van der Waals surface area (Å²) in [5, 5.41) is 3.49. The number of amides is 1. The quantitative estimate of drug-likeness (QED) is 0.697. The van der Waals surface area contributed by atoms with Gasteiger partial charge in [0.15, 0.2) is 0 Å². The fourth-order valence-electron chi connectivity index (χ4n) is 1.16. The monoisotopic (exact) mass is 171 g/mol. The molecule has 0 unspecified atom stereocenters. The lowest BCUT2D eigenvalue weighted by Crippen LogP contribution is -1.94. The summed E-state index contributed by atoms with van der Waals surface area (Å²) in [6, 6.07) is 9.50. The highest BCUT2D eigenvalue weighted by atomic mass is 16.1. The van der Waals surface area contributed by atoms with Gasteiger partial charge in [0.2, 0.25) is 6.41 Å². The van der Waals surface area contributed by atoms with E-state index < -0.39 is 0 Å². The molecule has 0 atom stereocenters. The number of carbonyl (C=O) groups is 1. The van der Waals surface area contributed by atoms with Crippen molar-refractivity contribution < 1.29 is 4.79 Å². The summed E-state index contributed by atoms with van der Waals surface area (Å²) in [5.41, 5.74) is 1.47. The van der Waals surface area contributed by atoms with Crippen LogP contribution in [0.3, 0.4) is 0 Å². The number of benzene rings is 1. The predicted molar refractivity (Wildman–Crippen MR) is 50.3 cm³/mol. The Labute approximate surface area is 75.4 Å². The number of hydrogen-bond donors (Lipinski definition) is 1. The number of nitrogens with one attached hydrogen (secondary N) is 1. The van der Waals surface area contributed by atoms with Crippen LogP contribution < -0.4 is 5.32 Å². The Bertz CT molecular complexity index is 440. The zero-order valence-corrected chi connectivity index (χ0v) is 6.82. The number of hydrogen-bond acceptors (Lipinski definition) is 2. The fraction of sp³-hybridized carbons (Fsp3) is 0. The first-order valence-corrected chi connectivity index (χ1v) is 3.88. The molecule has 0 aliphatic rings. The number of carbonyl (C=O) groups excluding carboxylic acids is 1. The van der Waals surface area contributed by atoms with E-state index in [0.717, 1.165) is 10.9 Å². The first-order chi connectivity index (χ1) is 6.40. The average Bonchev–Trinajstić information content (AvgIpc) is 2.18. The number of fused-ring (bicyclic) bond motifs is 1. The second-order valence-electron chi connectivity index (χ2n) is 2.60. The third-order valence-electron chi connectivity index (χ3n) is 1.75. The second kappa shape index (κ2) is 3.23. The molecule has 63 valence electrons. The van der Waals surface area contributed by atoms with E-state index in [2.05, 4.69) is 16.5 Å². The van der Waals surface area contributed by atoms with Crippen molar-refractivity contribution in [2.75, 3.05) is 5.32 Å². The maximum Gasteiger partial charge on any atom is 0.211 e. The predicted octanol–water partition coefficient (Wildman–Crippen LogP) is 1.60. The molecule has 0 spiro atoms. The lowest BCUT2D eigenvalue weighted by atomic mass is 10.2. The minimum Gasteiger partial charge on any atom is -0.327 e. The van der Waals surface area contributed by atoms with Crippen molar-refractivity contribution in [2.24, 2.45) is 0 Å². The second-order valence-corrected chi connectivity index (χ2v) is 2.60. The smallest absolute Gasteiger partial charge is 0.211 e. The van der Waals surface area contributed by atoms with Crippen molar-refractivity contribution in [1.82, 2.24) is 4.98 Å². The molecule has 0 saturated heterocycles. The van der Waals surface area contributed by atoms with Gasteiger partial charge in [-0.15, -0.1) is 0 Å². The lowest BCUT2D eigenvalue weighted by molar-refractivity contribution is -0.105. The first-order valence-electron chi connectivity index (χ1n) is 3.88. The van der Waals surface area contributed by atoms with E-state index in [0.29, 0.717) is 12.1 Å². The summed E-state index contributed by atoms with van der Waals surface area (Å²) in [4.78, 5) is 14.2. The van der Waals surface area contributed by atoms with Gasteiger partial charge in [0.05, 0.1) is 11.2 Å². The number of rotatable bonds is 2. The minimum atomic E-state index is 0.591. The van der Waals surface area contributed by atoms with Crippen LogP contribution >= 0.6 is 0 Å². The van der Waals surface area contributed by atoms with Gasteiger partial charge in [-0.1, -0.05) is 18.2 Å². The van der Waals surface area contributed by atoms with Crippen molar-refractivity contribution in [3.8, 4) is 0 Å². The van der Waals surface area contributed by atoms with Crippen LogP contribution in [-0.4, -0.2) is 11.4 Å². The van der Waals surface area contributed by atoms with Gasteiger partial charge < -0.3 is 5.32 Å². The number of para-hydroxylation sites is 1. The van der Waals surface area contributed by atoms with Crippen LogP contribution in [0.5, 0.6) is 0 Å². The molecule has 1 heterocycles. The third kappa shape index (κ3) is 1.49. The van der Waals surface area contributed by atoms with Gasteiger partial charge in [-0.3, -0.25) is 4.79 Å². The molecule has 1 N–H and O–H groups in total. The normalized spacial score (nSPS) is 9.85. The van der Waals surface area contributed by atoms with E-state index >= 15 is 0 Å². The summed E-state index contributed by atoms with van der Waals surface area (Å²) in [6.07, 6.45) is 3.33. The van der Waals surface area contributed by atoms with E-state index in [9.17, 15) is 4.79 Å². The van der Waals surface area contributed by atoms with Gasteiger partial charge >= 0.3 is 0 Å². The first kappa shape index (κ1) is 7.73. The molecule has 1 aromatic heterocycles. The van der Waals surface area contributed by atoms with E-state index in [1.807, 2.05) is 30.3 Å². The number of anilines is 1. The van der Waals surface area contributed by atoms with Gasteiger partial charge in [0, 0.05) is 5.39 Å². The summed E-state index contributed by atoms with van der Waals surface area (Å²) < 4.78 is 0. The van der Waals surface area contributed by atoms with Crippen LogP contribution in [0.2, 0.25) is 0 Å². The van der Waals surface area contributed by atoms with Crippen molar-refractivity contribution in [1.29, 1.82) is 0 Å². The molecule has 0 aliphatic heterocycles. The Morgan fingerprint density at radius 3 is 3.08 bits per heavy atom. The van der Waals surface area contributed by atoms with Gasteiger partial charge in [-0.05, 0) is 12.1 Å². The Kier molecular flexibility index (Phi) is 1.92. The van der Waals surface area contributed by atoms with E-state index in [1.165, 1.54) is 0 Å². The SMILES string of the molecule is O=CNc1[c]nc2ccccc2c1. The molecule has 0 saturated carbocycles.